The lowest BCUT2D eigenvalue weighted by Crippen LogP contribution is -1.91. The van der Waals surface area contributed by atoms with Gasteiger partial charge in [-0.15, -0.1) is 18.6 Å². The molecule has 0 aliphatic heterocycles. The highest BCUT2D eigenvalue weighted by Crippen LogP contribution is 2.23. The first-order chi connectivity index (χ1) is 13.9. The van der Waals surface area contributed by atoms with Crippen molar-refractivity contribution < 1.29 is 13.5 Å². The number of hydrogen-bond acceptors (Lipinski definition) is 1. The number of benzene rings is 1. The fourth-order valence-electron chi connectivity index (χ4n) is 2.47. The fourth-order valence-corrected chi connectivity index (χ4v) is 2.47. The third kappa shape index (κ3) is 9.10. The summed E-state index contributed by atoms with van der Waals surface area (Å²) in [5.41, 5.74) is 7.19. The molecule has 0 heterocycles. The quantitative estimate of drug-likeness (QED) is 0.286. The summed E-state index contributed by atoms with van der Waals surface area (Å²) in [4.78, 5) is 0. The Balaban J connectivity index is 0.000000526. The van der Waals surface area contributed by atoms with Crippen molar-refractivity contribution in [3.63, 3.8) is 0 Å². The van der Waals surface area contributed by atoms with Crippen molar-refractivity contribution >= 4 is 0 Å². The van der Waals surface area contributed by atoms with Crippen LogP contribution in [0.25, 0.3) is 0 Å². The molecule has 0 spiro atoms. The van der Waals surface area contributed by atoms with Crippen molar-refractivity contribution in [3.8, 4) is 18.6 Å². The molecule has 0 amide bonds. The monoisotopic (exact) mass is 396 g/mol. The van der Waals surface area contributed by atoms with Crippen LogP contribution in [0.4, 0.5) is 8.78 Å². The van der Waals surface area contributed by atoms with Gasteiger partial charge in [0.2, 0.25) is 0 Å². The standard InChI is InChI=1S/C16H20.C8H8F2O.C2H2/c1-4-6-12-15(10-5-2)16-13-9-7-8-11-14(16)3;1-5-7(9)3-6(11-2)4-8(5)10;1-2/h4,6-7,9,11-13H,5,10H2,1-3H3;3-4H,1-2H3;1-2H/b6-4-,15-12+;;. The second kappa shape index (κ2) is 14.9. The summed E-state index contributed by atoms with van der Waals surface area (Å²) in [6, 6.07) is 2.30. The molecule has 0 saturated carbocycles. The van der Waals surface area contributed by atoms with Crippen LogP contribution >= 0.6 is 0 Å². The molecule has 0 radical (unpaired) electrons. The Morgan fingerprint density at radius 2 is 1.79 bits per heavy atom. The normalized spacial score (nSPS) is 12.8. The molecular formula is C26H30F2O. The maximum atomic E-state index is 12.7. The molecule has 1 aliphatic carbocycles. The molecule has 0 fully saturated rings. The average Bonchev–Trinajstić information content (AvgIpc) is 2.95. The molecule has 0 unspecified atom stereocenters. The molecule has 154 valence electrons. The minimum atomic E-state index is -0.582. The molecule has 1 aromatic rings. The summed E-state index contributed by atoms with van der Waals surface area (Å²) < 4.78 is 30.1. The van der Waals surface area contributed by atoms with Gasteiger partial charge in [0, 0.05) is 17.7 Å². The zero-order valence-corrected chi connectivity index (χ0v) is 17.9. The first-order valence-electron chi connectivity index (χ1n) is 9.39. The molecule has 0 N–H and O–H groups in total. The second-order valence-corrected chi connectivity index (χ2v) is 6.12. The lowest BCUT2D eigenvalue weighted by atomic mass is 9.96. The first-order valence-corrected chi connectivity index (χ1v) is 9.39. The van der Waals surface area contributed by atoms with Crippen molar-refractivity contribution in [2.45, 2.75) is 40.5 Å². The minimum absolute atomic E-state index is 0.0193. The van der Waals surface area contributed by atoms with Crippen molar-refractivity contribution in [1.29, 1.82) is 0 Å². The van der Waals surface area contributed by atoms with E-state index in [-0.39, 0.29) is 11.3 Å². The van der Waals surface area contributed by atoms with Gasteiger partial charge in [-0.25, -0.2) is 8.78 Å². The molecule has 0 saturated heterocycles. The van der Waals surface area contributed by atoms with Crippen LogP contribution in [0.1, 0.15) is 39.2 Å². The fraction of sp³-hybridized carbons (Fsp3) is 0.269. The summed E-state index contributed by atoms with van der Waals surface area (Å²) in [5, 5.41) is 0. The van der Waals surface area contributed by atoms with Crippen molar-refractivity contribution in [1.82, 2.24) is 0 Å². The van der Waals surface area contributed by atoms with Crippen LogP contribution in [0, 0.1) is 31.4 Å². The van der Waals surface area contributed by atoms with E-state index in [2.05, 4.69) is 73.6 Å². The highest BCUT2D eigenvalue weighted by molar-refractivity contribution is 5.49. The maximum Gasteiger partial charge on any atom is 0.132 e. The van der Waals surface area contributed by atoms with E-state index in [1.54, 1.807) is 0 Å². The van der Waals surface area contributed by atoms with Gasteiger partial charge in [-0.3, -0.25) is 0 Å². The van der Waals surface area contributed by atoms with Gasteiger partial charge in [-0.1, -0.05) is 43.7 Å². The predicted molar refractivity (Wildman–Crippen MR) is 120 cm³/mol. The van der Waals surface area contributed by atoms with Gasteiger partial charge in [0.25, 0.3) is 0 Å². The van der Waals surface area contributed by atoms with Crippen LogP contribution in [-0.4, -0.2) is 7.11 Å². The lowest BCUT2D eigenvalue weighted by Gasteiger charge is -2.09. The molecule has 1 aliphatic rings. The second-order valence-electron chi connectivity index (χ2n) is 6.12. The van der Waals surface area contributed by atoms with E-state index in [0.717, 1.165) is 18.6 Å². The summed E-state index contributed by atoms with van der Waals surface area (Å²) in [5.74, 6) is -0.964. The molecule has 0 atom stereocenters. The van der Waals surface area contributed by atoms with Crippen LogP contribution in [-0.2, 0) is 0 Å². The van der Waals surface area contributed by atoms with E-state index >= 15 is 0 Å². The number of ether oxygens (including phenoxy) is 1. The number of methoxy groups -OCH3 is 1. The third-order valence-electron chi connectivity index (χ3n) is 4.03. The van der Waals surface area contributed by atoms with E-state index in [0.29, 0.717) is 0 Å². The van der Waals surface area contributed by atoms with E-state index < -0.39 is 11.6 Å². The highest BCUT2D eigenvalue weighted by atomic mass is 19.1. The Bertz CT molecular complexity index is 835. The number of allylic oxidation sites excluding steroid dienone is 9. The molecular weight excluding hydrogens is 366 g/mol. The Hall–Kier alpha value is -3.08. The van der Waals surface area contributed by atoms with Gasteiger partial charge in [0.05, 0.1) is 7.11 Å². The van der Waals surface area contributed by atoms with E-state index in [1.807, 2.05) is 13.0 Å². The molecule has 0 bridgehead atoms. The third-order valence-corrected chi connectivity index (χ3v) is 4.03. The molecule has 1 nitrogen and oxygen atoms in total. The van der Waals surface area contributed by atoms with Gasteiger partial charge >= 0.3 is 0 Å². The van der Waals surface area contributed by atoms with Gasteiger partial charge in [0.1, 0.15) is 17.4 Å². The van der Waals surface area contributed by atoms with Crippen molar-refractivity contribution in [3.05, 3.63) is 94.3 Å². The largest absolute Gasteiger partial charge is 0.497 e. The Morgan fingerprint density at radius 1 is 1.17 bits per heavy atom. The summed E-state index contributed by atoms with van der Waals surface area (Å²) in [6.07, 6.45) is 24.9. The Morgan fingerprint density at radius 3 is 2.31 bits per heavy atom. The van der Waals surface area contributed by atoms with Gasteiger partial charge in [-0.2, -0.15) is 0 Å². The van der Waals surface area contributed by atoms with Crippen molar-refractivity contribution in [2.24, 2.45) is 0 Å². The Labute approximate surface area is 174 Å². The van der Waals surface area contributed by atoms with Crippen LogP contribution < -0.4 is 4.74 Å². The number of halogens is 2. The van der Waals surface area contributed by atoms with Crippen LogP contribution in [0.5, 0.6) is 5.75 Å². The maximum absolute atomic E-state index is 12.7. The zero-order chi connectivity index (χ0) is 22.2. The molecule has 1 aromatic carbocycles. The average molecular weight is 397 g/mol. The molecule has 0 aromatic heterocycles. The van der Waals surface area contributed by atoms with Gasteiger partial charge in [-0.05, 0) is 56.1 Å². The van der Waals surface area contributed by atoms with Gasteiger partial charge in [0.15, 0.2) is 0 Å². The molecule has 2 rings (SSSR count). The minimum Gasteiger partial charge on any atom is -0.497 e. The topological polar surface area (TPSA) is 9.23 Å². The predicted octanol–water partition coefficient (Wildman–Crippen LogP) is 7.42. The van der Waals surface area contributed by atoms with Crippen LogP contribution in [0.2, 0.25) is 0 Å². The van der Waals surface area contributed by atoms with E-state index in [4.69, 9.17) is 0 Å². The van der Waals surface area contributed by atoms with E-state index in [1.165, 1.54) is 37.2 Å². The number of terminal acetylenes is 1. The van der Waals surface area contributed by atoms with Gasteiger partial charge < -0.3 is 4.74 Å². The molecule has 29 heavy (non-hydrogen) atoms. The SMILES string of the molecule is C#C.C/C=C\C=C(/CCC)C1=C(C)C=C=CC=C1.COc1cc(F)c(C)c(F)c1. The smallest absolute Gasteiger partial charge is 0.132 e. The number of rotatable bonds is 5. The Kier molecular flexibility index (Phi) is 13.3. The zero-order valence-electron chi connectivity index (χ0n) is 17.9. The summed E-state index contributed by atoms with van der Waals surface area (Å²) in [7, 11) is 1.36. The number of hydrogen-bond donors (Lipinski definition) is 0. The van der Waals surface area contributed by atoms with Crippen molar-refractivity contribution in [2.75, 3.05) is 7.11 Å². The highest BCUT2D eigenvalue weighted by Gasteiger charge is 2.06. The van der Waals surface area contributed by atoms with E-state index in [9.17, 15) is 8.78 Å². The summed E-state index contributed by atoms with van der Waals surface area (Å²) >= 11 is 0. The summed E-state index contributed by atoms with van der Waals surface area (Å²) in [6.45, 7) is 7.79. The van der Waals surface area contributed by atoms with Crippen LogP contribution in [0.3, 0.4) is 0 Å². The first kappa shape index (κ1) is 25.9. The molecule has 3 heteroatoms. The lowest BCUT2D eigenvalue weighted by molar-refractivity contribution is 0.406. The van der Waals surface area contributed by atoms with Crippen LogP contribution in [0.15, 0.2) is 77.1 Å².